The Bertz CT molecular complexity index is 823. The molecule has 6 aliphatic rings. The van der Waals surface area contributed by atoms with E-state index in [1.165, 1.54) is 116 Å². The molecule has 0 N–H and O–H groups in total. The molecule has 5 heterocycles. The lowest BCUT2D eigenvalue weighted by molar-refractivity contribution is 0.0238. The first-order valence-corrected chi connectivity index (χ1v) is 22.3. The Labute approximate surface area is 323 Å². The second-order valence-electron chi connectivity index (χ2n) is 17.2. The fraction of sp³-hybridized carbons (Fsp3) is 1.00. The van der Waals surface area contributed by atoms with Crippen molar-refractivity contribution in [2.45, 2.75) is 125 Å². The summed E-state index contributed by atoms with van der Waals surface area (Å²) < 4.78 is 5.21. The third-order valence-electron chi connectivity index (χ3n) is 12.0. The van der Waals surface area contributed by atoms with Gasteiger partial charge in [-0.1, -0.05) is 6.92 Å². The molecule has 0 unspecified atom stereocenters. The molecule has 10 heteroatoms. The van der Waals surface area contributed by atoms with Crippen LogP contribution in [0.1, 0.15) is 89.0 Å². The highest BCUT2D eigenvalue weighted by atomic mass is 32.2. The van der Waals surface area contributed by atoms with Crippen LogP contribution in [0.4, 0.5) is 0 Å². The first kappa shape index (κ1) is 47.1. The van der Waals surface area contributed by atoms with E-state index >= 15 is 0 Å². The second-order valence-corrected chi connectivity index (χ2v) is 18.4. The van der Waals surface area contributed by atoms with E-state index < -0.39 is 0 Å². The SMILES string of the molecule is CC(C)N1CCN(C)C2(CC2)C1.CC(C)N1CCN(C)CC1.CC(C)N1CCOCC1.CC(C)N1CCSCC1.CCN1CCN(C(C)C)CC1. The molecule has 0 aromatic rings. The first-order valence-electron chi connectivity index (χ1n) is 21.2. The van der Waals surface area contributed by atoms with Gasteiger partial charge < -0.3 is 14.5 Å². The lowest BCUT2D eigenvalue weighted by atomic mass is 10.1. The van der Waals surface area contributed by atoms with Gasteiger partial charge in [0.1, 0.15) is 0 Å². The summed E-state index contributed by atoms with van der Waals surface area (Å²) in [5.41, 5.74) is 0.600. The Morgan fingerprint density at radius 1 is 0.490 bits per heavy atom. The van der Waals surface area contributed by atoms with E-state index in [1.54, 1.807) is 0 Å². The smallest absolute Gasteiger partial charge is 0.0594 e. The molecule has 0 bridgehead atoms. The first-order chi connectivity index (χ1) is 24.2. The van der Waals surface area contributed by atoms with Gasteiger partial charge in [-0.05, 0) is 103 Å². The van der Waals surface area contributed by atoms with Crippen molar-refractivity contribution in [1.82, 2.24) is 39.2 Å². The van der Waals surface area contributed by atoms with E-state index in [0.29, 0.717) is 11.6 Å². The Hall–Kier alpha value is -0.0100. The maximum atomic E-state index is 5.21. The number of nitrogens with zero attached hydrogens (tertiary/aromatic N) is 8. The lowest BCUT2D eigenvalue weighted by Gasteiger charge is -2.42. The van der Waals surface area contributed by atoms with Crippen molar-refractivity contribution in [2.75, 3.05) is 144 Å². The predicted molar refractivity (Wildman–Crippen MR) is 226 cm³/mol. The van der Waals surface area contributed by atoms with Crippen LogP contribution in [0.3, 0.4) is 0 Å². The topological polar surface area (TPSA) is 35.2 Å². The summed E-state index contributed by atoms with van der Waals surface area (Å²) in [6.45, 7) is 46.6. The predicted octanol–water partition coefficient (Wildman–Crippen LogP) is 5.02. The van der Waals surface area contributed by atoms with Gasteiger partial charge in [0.05, 0.1) is 13.2 Å². The van der Waals surface area contributed by atoms with Crippen molar-refractivity contribution >= 4 is 11.8 Å². The Balaban J connectivity index is 0.000000222. The van der Waals surface area contributed by atoms with Crippen LogP contribution in [0.5, 0.6) is 0 Å². The van der Waals surface area contributed by atoms with Crippen molar-refractivity contribution in [3.05, 3.63) is 0 Å². The molecular formula is C41H88N8OS. The van der Waals surface area contributed by atoms with E-state index in [2.05, 4.69) is 141 Å². The second kappa shape index (κ2) is 25.2. The molecule has 1 spiro atoms. The van der Waals surface area contributed by atoms with E-state index in [1.807, 2.05) is 0 Å². The van der Waals surface area contributed by atoms with Gasteiger partial charge in [0, 0.05) is 145 Å². The Morgan fingerprint density at radius 3 is 1.25 bits per heavy atom. The molecule has 9 nitrogen and oxygen atoms in total. The van der Waals surface area contributed by atoms with Crippen molar-refractivity contribution in [3.8, 4) is 0 Å². The number of rotatable bonds is 6. The molecule has 6 rings (SSSR count). The van der Waals surface area contributed by atoms with Gasteiger partial charge in [-0.2, -0.15) is 11.8 Å². The van der Waals surface area contributed by atoms with Gasteiger partial charge in [0.15, 0.2) is 0 Å². The molecule has 0 aromatic heterocycles. The van der Waals surface area contributed by atoms with Crippen LogP contribution in [-0.4, -0.2) is 218 Å². The number of hydrogen-bond acceptors (Lipinski definition) is 10. The summed E-state index contributed by atoms with van der Waals surface area (Å²) in [7, 11) is 4.47. The van der Waals surface area contributed by atoms with Crippen molar-refractivity contribution in [1.29, 1.82) is 0 Å². The number of likely N-dealkylation sites (N-methyl/N-ethyl adjacent to an activating group) is 3. The minimum absolute atomic E-state index is 0.600. The summed E-state index contributed by atoms with van der Waals surface area (Å²) in [6.07, 6.45) is 2.85. The quantitative estimate of drug-likeness (QED) is 0.371. The number of thioether (sulfide) groups is 1. The highest BCUT2D eigenvalue weighted by Gasteiger charge is 2.49. The van der Waals surface area contributed by atoms with Gasteiger partial charge in [-0.25, -0.2) is 0 Å². The third kappa shape index (κ3) is 18.5. The van der Waals surface area contributed by atoms with Crippen LogP contribution in [0.25, 0.3) is 0 Å². The Kier molecular flexibility index (Phi) is 23.3. The molecule has 0 amide bonds. The molecule has 0 aromatic carbocycles. The maximum absolute atomic E-state index is 5.21. The van der Waals surface area contributed by atoms with Crippen LogP contribution in [-0.2, 0) is 4.74 Å². The molecule has 1 saturated carbocycles. The molecule has 5 aliphatic heterocycles. The summed E-state index contributed by atoms with van der Waals surface area (Å²) in [4.78, 5) is 20.1. The summed E-state index contributed by atoms with van der Waals surface area (Å²) in [5.74, 6) is 2.66. The van der Waals surface area contributed by atoms with Gasteiger partial charge in [0.25, 0.3) is 0 Å². The number of ether oxygens (including phenoxy) is 1. The molecule has 6 fully saturated rings. The summed E-state index contributed by atoms with van der Waals surface area (Å²) in [5, 5.41) is 0. The number of piperazine rings is 3. The van der Waals surface area contributed by atoms with Gasteiger partial charge >= 0.3 is 0 Å². The normalized spacial score (nSPS) is 24.8. The molecule has 51 heavy (non-hydrogen) atoms. The fourth-order valence-corrected chi connectivity index (χ4v) is 8.27. The molecule has 304 valence electrons. The van der Waals surface area contributed by atoms with Crippen LogP contribution in [0.15, 0.2) is 0 Å². The average Bonchev–Trinajstić information content (AvgIpc) is 3.91. The largest absolute Gasteiger partial charge is 0.379 e. The zero-order valence-corrected chi connectivity index (χ0v) is 37.2. The van der Waals surface area contributed by atoms with Crippen LogP contribution in [0.2, 0.25) is 0 Å². The molecular weight excluding hydrogens is 653 g/mol. The van der Waals surface area contributed by atoms with Crippen molar-refractivity contribution in [3.63, 3.8) is 0 Å². The van der Waals surface area contributed by atoms with Gasteiger partial charge in [-0.3, -0.25) is 29.4 Å². The van der Waals surface area contributed by atoms with E-state index in [0.717, 1.165) is 50.5 Å². The third-order valence-corrected chi connectivity index (χ3v) is 12.9. The lowest BCUT2D eigenvalue weighted by Crippen LogP contribution is -2.54. The Morgan fingerprint density at radius 2 is 0.882 bits per heavy atom. The van der Waals surface area contributed by atoms with Crippen molar-refractivity contribution in [2.24, 2.45) is 0 Å². The average molecular weight is 741 g/mol. The summed E-state index contributed by atoms with van der Waals surface area (Å²) in [6, 6.07) is 3.64. The standard InChI is InChI=1S/C10H20N2.C9H20N2.C8H18N2.C7H15NO.C7H15NS/c1-9(2)12-7-6-11(3)10(8-12)4-5-10;1-4-10-5-7-11(8-6-10)9(2)3;1-8(2)10-6-4-9(3)5-7-10;2*1-7(2)8-3-5-9-6-4-8/h9H,4-8H2,1-3H3;9H,4-8H2,1-3H3;8H,4-7H2,1-3H3;2*7H,3-6H2,1-2H3. The van der Waals surface area contributed by atoms with E-state index in [4.69, 9.17) is 4.74 Å². The highest BCUT2D eigenvalue weighted by Crippen LogP contribution is 2.43. The monoisotopic (exact) mass is 741 g/mol. The highest BCUT2D eigenvalue weighted by molar-refractivity contribution is 7.99. The fourth-order valence-electron chi connectivity index (χ4n) is 7.34. The van der Waals surface area contributed by atoms with Crippen molar-refractivity contribution < 1.29 is 4.74 Å². The molecule has 1 aliphatic carbocycles. The molecule has 0 radical (unpaired) electrons. The zero-order chi connectivity index (χ0) is 38.0. The molecule has 5 saturated heterocycles. The van der Waals surface area contributed by atoms with E-state index in [-0.39, 0.29) is 0 Å². The summed E-state index contributed by atoms with van der Waals surface area (Å²) >= 11 is 2.07. The minimum atomic E-state index is 0.600. The number of morpholine rings is 1. The number of hydrogen-bond donors (Lipinski definition) is 0. The van der Waals surface area contributed by atoms with Gasteiger partial charge in [0.2, 0.25) is 0 Å². The van der Waals surface area contributed by atoms with Crippen LogP contribution < -0.4 is 0 Å². The van der Waals surface area contributed by atoms with Gasteiger partial charge in [-0.15, -0.1) is 0 Å². The molecule has 0 atom stereocenters. The van der Waals surface area contributed by atoms with E-state index in [9.17, 15) is 0 Å². The maximum Gasteiger partial charge on any atom is 0.0594 e. The van der Waals surface area contributed by atoms with Crippen LogP contribution in [0, 0.1) is 0 Å². The van der Waals surface area contributed by atoms with Crippen LogP contribution >= 0.6 is 11.8 Å². The zero-order valence-electron chi connectivity index (χ0n) is 36.3. The minimum Gasteiger partial charge on any atom is -0.379 e.